The van der Waals surface area contributed by atoms with E-state index in [-0.39, 0.29) is 0 Å². The summed E-state index contributed by atoms with van der Waals surface area (Å²) >= 11 is 2.06. The van der Waals surface area contributed by atoms with Gasteiger partial charge in [0.05, 0.1) is 0 Å². The van der Waals surface area contributed by atoms with Crippen LogP contribution < -0.4 is 10.1 Å². The quantitative estimate of drug-likeness (QED) is 0.830. The first-order chi connectivity index (χ1) is 7.25. The fourth-order valence-corrected chi connectivity index (χ4v) is 1.74. The standard InChI is InChI=1S/C9H11FIN3O/c10-6-5-12-4-3-7(6)15-9-2-1-8(11)13-14-9/h1-2,6-7,12H,3-5H2/t6-,7+/m0/s1. The van der Waals surface area contributed by atoms with Crippen LogP contribution in [-0.4, -0.2) is 35.6 Å². The first kappa shape index (κ1) is 11.0. The summed E-state index contributed by atoms with van der Waals surface area (Å²) in [6, 6.07) is 3.50. The van der Waals surface area contributed by atoms with Crippen molar-refractivity contribution in [3.63, 3.8) is 0 Å². The number of hydrogen-bond acceptors (Lipinski definition) is 4. The molecule has 15 heavy (non-hydrogen) atoms. The molecular formula is C9H11FIN3O. The van der Waals surface area contributed by atoms with E-state index in [1.165, 1.54) is 0 Å². The Kier molecular flexibility index (Phi) is 3.68. The molecule has 1 aliphatic rings. The van der Waals surface area contributed by atoms with Gasteiger partial charge in [-0.1, -0.05) is 0 Å². The van der Waals surface area contributed by atoms with E-state index in [4.69, 9.17) is 4.74 Å². The highest BCUT2D eigenvalue weighted by Crippen LogP contribution is 2.15. The number of piperidine rings is 1. The van der Waals surface area contributed by atoms with Crippen LogP contribution in [0.1, 0.15) is 6.42 Å². The molecule has 1 aromatic rings. The second-order valence-electron chi connectivity index (χ2n) is 3.36. The van der Waals surface area contributed by atoms with Crippen LogP contribution in [0.25, 0.3) is 0 Å². The average molecular weight is 323 g/mol. The number of hydrogen-bond donors (Lipinski definition) is 1. The van der Waals surface area contributed by atoms with E-state index >= 15 is 0 Å². The largest absolute Gasteiger partial charge is 0.470 e. The minimum Gasteiger partial charge on any atom is -0.470 e. The summed E-state index contributed by atoms with van der Waals surface area (Å²) in [5.74, 6) is 0.393. The van der Waals surface area contributed by atoms with Gasteiger partial charge in [-0.2, -0.15) is 0 Å². The van der Waals surface area contributed by atoms with E-state index in [0.29, 0.717) is 18.8 Å². The van der Waals surface area contributed by atoms with Gasteiger partial charge < -0.3 is 10.1 Å². The predicted molar refractivity (Wildman–Crippen MR) is 61.5 cm³/mol. The maximum Gasteiger partial charge on any atom is 0.233 e. The Morgan fingerprint density at radius 3 is 3.00 bits per heavy atom. The molecule has 4 nitrogen and oxygen atoms in total. The van der Waals surface area contributed by atoms with Gasteiger partial charge in [0, 0.05) is 12.6 Å². The van der Waals surface area contributed by atoms with Crippen LogP contribution in [0.5, 0.6) is 5.88 Å². The minimum absolute atomic E-state index is 0.350. The van der Waals surface area contributed by atoms with Gasteiger partial charge in [-0.05, 0) is 41.6 Å². The van der Waals surface area contributed by atoms with Crippen molar-refractivity contribution < 1.29 is 9.13 Å². The summed E-state index contributed by atoms with van der Waals surface area (Å²) in [5, 5.41) is 10.7. The summed E-state index contributed by atoms with van der Waals surface area (Å²) in [4.78, 5) is 0. The highest BCUT2D eigenvalue weighted by Gasteiger charge is 2.26. The molecule has 2 rings (SSSR count). The monoisotopic (exact) mass is 323 g/mol. The molecule has 82 valence electrons. The Morgan fingerprint density at radius 1 is 1.47 bits per heavy atom. The zero-order valence-corrected chi connectivity index (χ0v) is 10.1. The van der Waals surface area contributed by atoms with E-state index in [9.17, 15) is 4.39 Å². The average Bonchev–Trinajstić information content (AvgIpc) is 2.25. The van der Waals surface area contributed by atoms with Crippen LogP contribution in [-0.2, 0) is 0 Å². The molecule has 1 fully saturated rings. The molecule has 0 saturated carbocycles. The predicted octanol–water partition coefficient (Wildman–Crippen LogP) is 1.16. The minimum atomic E-state index is -0.972. The molecule has 0 aliphatic carbocycles. The smallest absolute Gasteiger partial charge is 0.233 e. The lowest BCUT2D eigenvalue weighted by molar-refractivity contribution is 0.0685. The summed E-state index contributed by atoms with van der Waals surface area (Å²) in [6.07, 6.45) is -0.713. The molecule has 0 bridgehead atoms. The van der Waals surface area contributed by atoms with E-state index in [1.807, 2.05) is 0 Å². The van der Waals surface area contributed by atoms with E-state index in [2.05, 4.69) is 38.1 Å². The molecule has 0 aromatic carbocycles. The molecule has 1 aliphatic heterocycles. The van der Waals surface area contributed by atoms with Crippen molar-refractivity contribution in [3.8, 4) is 5.88 Å². The number of rotatable bonds is 2. The highest BCUT2D eigenvalue weighted by molar-refractivity contribution is 14.1. The Balaban J connectivity index is 1.98. The van der Waals surface area contributed by atoms with Gasteiger partial charge in [-0.25, -0.2) is 4.39 Å². The van der Waals surface area contributed by atoms with Crippen LogP contribution in [0, 0.1) is 3.70 Å². The first-order valence-electron chi connectivity index (χ1n) is 4.76. The SMILES string of the molecule is F[C@H]1CNCC[C@H]1Oc1ccc(I)nn1. The molecule has 0 unspecified atom stereocenters. The van der Waals surface area contributed by atoms with Gasteiger partial charge in [-0.3, -0.25) is 0 Å². The fraction of sp³-hybridized carbons (Fsp3) is 0.556. The van der Waals surface area contributed by atoms with Crippen LogP contribution in [0.15, 0.2) is 12.1 Å². The number of aromatic nitrogens is 2. The van der Waals surface area contributed by atoms with Crippen molar-refractivity contribution in [1.82, 2.24) is 15.5 Å². The Labute approximate surface area is 101 Å². The lowest BCUT2D eigenvalue weighted by Crippen LogP contribution is -2.44. The zero-order valence-electron chi connectivity index (χ0n) is 7.99. The van der Waals surface area contributed by atoms with E-state index < -0.39 is 12.3 Å². The van der Waals surface area contributed by atoms with Crippen LogP contribution in [0.2, 0.25) is 0 Å². The number of alkyl halides is 1. The zero-order chi connectivity index (χ0) is 10.7. The van der Waals surface area contributed by atoms with E-state index in [1.54, 1.807) is 12.1 Å². The van der Waals surface area contributed by atoms with E-state index in [0.717, 1.165) is 10.2 Å². The molecule has 2 atom stereocenters. The van der Waals surface area contributed by atoms with Crippen LogP contribution in [0.3, 0.4) is 0 Å². The van der Waals surface area contributed by atoms with Crippen molar-refractivity contribution in [3.05, 3.63) is 15.8 Å². The van der Waals surface area contributed by atoms with Crippen molar-refractivity contribution >= 4 is 22.6 Å². The molecule has 6 heteroatoms. The van der Waals surface area contributed by atoms with Crippen molar-refractivity contribution in [2.45, 2.75) is 18.7 Å². The molecule has 0 spiro atoms. The van der Waals surface area contributed by atoms with Gasteiger partial charge in [0.2, 0.25) is 5.88 Å². The molecule has 1 N–H and O–H groups in total. The van der Waals surface area contributed by atoms with Gasteiger partial charge in [0.1, 0.15) is 16.0 Å². The molecular weight excluding hydrogens is 312 g/mol. The molecule has 1 saturated heterocycles. The number of nitrogens with one attached hydrogen (secondary N) is 1. The van der Waals surface area contributed by atoms with Gasteiger partial charge in [-0.15, -0.1) is 10.2 Å². The highest BCUT2D eigenvalue weighted by atomic mass is 127. The summed E-state index contributed by atoms with van der Waals surface area (Å²) in [5.41, 5.74) is 0. The third-order valence-electron chi connectivity index (χ3n) is 2.23. The van der Waals surface area contributed by atoms with Gasteiger partial charge in [0.25, 0.3) is 0 Å². The lowest BCUT2D eigenvalue weighted by Gasteiger charge is -2.26. The van der Waals surface area contributed by atoms with Gasteiger partial charge >= 0.3 is 0 Å². The number of ether oxygens (including phenoxy) is 1. The molecule has 0 amide bonds. The maximum atomic E-state index is 13.4. The lowest BCUT2D eigenvalue weighted by atomic mass is 10.1. The van der Waals surface area contributed by atoms with Gasteiger partial charge in [0.15, 0.2) is 0 Å². The Bertz CT molecular complexity index is 322. The van der Waals surface area contributed by atoms with Crippen molar-refractivity contribution in [2.24, 2.45) is 0 Å². The summed E-state index contributed by atoms with van der Waals surface area (Å²) < 4.78 is 19.6. The second-order valence-corrected chi connectivity index (χ2v) is 4.46. The van der Waals surface area contributed by atoms with Crippen molar-refractivity contribution in [1.29, 1.82) is 0 Å². The third kappa shape index (κ3) is 2.97. The van der Waals surface area contributed by atoms with Crippen molar-refractivity contribution in [2.75, 3.05) is 13.1 Å². The van der Waals surface area contributed by atoms with Crippen LogP contribution in [0.4, 0.5) is 4.39 Å². The molecule has 2 heterocycles. The molecule has 0 radical (unpaired) electrons. The Hall–Kier alpha value is -0.500. The number of nitrogens with zero attached hydrogens (tertiary/aromatic N) is 2. The Morgan fingerprint density at radius 2 is 2.33 bits per heavy atom. The topological polar surface area (TPSA) is 47.0 Å². The van der Waals surface area contributed by atoms with Crippen LogP contribution >= 0.6 is 22.6 Å². The second kappa shape index (κ2) is 5.02. The first-order valence-corrected chi connectivity index (χ1v) is 5.84. The third-order valence-corrected chi connectivity index (χ3v) is 2.80. The fourth-order valence-electron chi connectivity index (χ4n) is 1.45. The summed E-state index contributed by atoms with van der Waals surface area (Å²) in [7, 11) is 0. The normalized spacial score (nSPS) is 26.3. The maximum absolute atomic E-state index is 13.4. The summed E-state index contributed by atoms with van der Waals surface area (Å²) in [6.45, 7) is 1.13. The number of halogens is 2. The molecule has 1 aromatic heterocycles.